The van der Waals surface area contributed by atoms with Crippen molar-refractivity contribution in [2.75, 3.05) is 38.0 Å². The van der Waals surface area contributed by atoms with Crippen LogP contribution in [0.2, 0.25) is 0 Å². The first-order valence-electron chi connectivity index (χ1n) is 15.4. The number of nitrogen functional groups attached to an aromatic ring is 1. The summed E-state index contributed by atoms with van der Waals surface area (Å²) in [5.74, 6) is 0.828. The lowest BCUT2D eigenvalue weighted by Gasteiger charge is -2.27. The molecule has 2 heterocycles. The third kappa shape index (κ3) is 10.8. The van der Waals surface area contributed by atoms with Gasteiger partial charge in [-0.15, -0.1) is 11.6 Å². The summed E-state index contributed by atoms with van der Waals surface area (Å²) in [6, 6.07) is 8.22. The number of alkyl halides is 1. The molecule has 2 aromatic heterocycles. The zero-order valence-electron chi connectivity index (χ0n) is 27.1. The van der Waals surface area contributed by atoms with E-state index in [1.807, 2.05) is 70.4 Å². The monoisotopic (exact) mass is 632 g/mol. The quantitative estimate of drug-likeness (QED) is 0.0795. The van der Waals surface area contributed by atoms with E-state index < -0.39 is 17.3 Å². The molecule has 1 aromatic carbocycles. The van der Waals surface area contributed by atoms with E-state index >= 15 is 0 Å². The number of imidazole rings is 1. The normalized spacial score (nSPS) is 12.3. The summed E-state index contributed by atoms with van der Waals surface area (Å²) in [6.45, 7) is 14.6. The van der Waals surface area contributed by atoms with Gasteiger partial charge in [-0.2, -0.15) is 0 Å². The van der Waals surface area contributed by atoms with E-state index in [0.29, 0.717) is 55.9 Å². The van der Waals surface area contributed by atoms with Crippen molar-refractivity contribution < 1.29 is 23.8 Å². The number of para-hydroxylation sites is 1. The number of pyridine rings is 1. The average molecular weight is 633 g/mol. The smallest absolute Gasteiger partial charge is 0.407 e. The predicted molar refractivity (Wildman–Crippen MR) is 175 cm³/mol. The van der Waals surface area contributed by atoms with Gasteiger partial charge in [-0.25, -0.2) is 14.8 Å². The highest BCUT2D eigenvalue weighted by molar-refractivity contribution is 6.17. The summed E-state index contributed by atoms with van der Waals surface area (Å²) < 4.78 is 19.0. The molecule has 0 radical (unpaired) electrons. The first kappa shape index (κ1) is 35.3. The third-order valence-corrected chi connectivity index (χ3v) is 7.24. The summed E-state index contributed by atoms with van der Waals surface area (Å²) in [7, 11) is 0. The number of anilines is 1. The maximum absolute atomic E-state index is 12.9. The number of hydrogen-bond acceptors (Lipinski definition) is 9. The molecule has 3 N–H and O–H groups in total. The molecule has 0 saturated heterocycles. The molecule has 11 nitrogen and oxygen atoms in total. The second-order valence-corrected chi connectivity index (χ2v) is 12.8. The molecule has 3 aromatic rings. The Labute approximate surface area is 265 Å². The summed E-state index contributed by atoms with van der Waals surface area (Å²) in [5, 5.41) is 3.70. The van der Waals surface area contributed by atoms with Crippen molar-refractivity contribution in [1.82, 2.24) is 24.8 Å². The topological polar surface area (TPSA) is 134 Å². The van der Waals surface area contributed by atoms with Gasteiger partial charge in [0.1, 0.15) is 29.2 Å². The number of nitrogens with zero attached hydrogens (tertiary/aromatic N) is 4. The maximum atomic E-state index is 12.9. The Hall–Kier alpha value is -3.15. The number of unbranched alkanes of at least 4 members (excludes halogenated alkanes) is 2. The minimum Gasteiger partial charge on any atom is -0.458 e. The van der Waals surface area contributed by atoms with Gasteiger partial charge in [0.2, 0.25) is 0 Å². The number of esters is 1. The van der Waals surface area contributed by atoms with Crippen LogP contribution in [0.15, 0.2) is 24.3 Å². The molecule has 0 bridgehead atoms. The number of carbonyl (C=O) groups excluding carboxylic acids is 2. The van der Waals surface area contributed by atoms with Gasteiger partial charge in [-0.3, -0.25) is 9.69 Å². The van der Waals surface area contributed by atoms with Crippen molar-refractivity contribution in [2.24, 2.45) is 0 Å². The van der Waals surface area contributed by atoms with Gasteiger partial charge in [0.05, 0.1) is 23.6 Å². The first-order valence-corrected chi connectivity index (χ1v) is 15.9. The Balaban J connectivity index is 1.49. The highest BCUT2D eigenvalue weighted by Gasteiger charge is 2.27. The molecule has 44 heavy (non-hydrogen) atoms. The van der Waals surface area contributed by atoms with Crippen molar-refractivity contribution in [2.45, 2.75) is 98.0 Å². The minimum absolute atomic E-state index is 0.237. The van der Waals surface area contributed by atoms with Gasteiger partial charge in [-0.05, 0) is 73.4 Å². The van der Waals surface area contributed by atoms with Gasteiger partial charge < -0.3 is 29.8 Å². The number of benzene rings is 1. The van der Waals surface area contributed by atoms with Crippen LogP contribution >= 0.6 is 11.6 Å². The standard InChI is InChI=1S/C32H49ClN6O5/c1-7-42-20-25-37-27-28(23-14-10-11-15-24(23)36-29(27)34)39(25)21-32(5,6)43-26(40)16-9-8-12-18-38(22-33)19-13-17-35-30(41)44-31(2,3)4/h10-11,14-15H,7-9,12-13,16-22H2,1-6H3,(H2,34,36)(H,35,41). The van der Waals surface area contributed by atoms with Gasteiger partial charge in [0.25, 0.3) is 0 Å². The van der Waals surface area contributed by atoms with Crippen LogP contribution in [-0.4, -0.2) is 74.9 Å². The van der Waals surface area contributed by atoms with Crippen LogP contribution in [-0.2, 0) is 32.2 Å². The van der Waals surface area contributed by atoms with Crippen molar-refractivity contribution in [1.29, 1.82) is 0 Å². The molecule has 0 saturated carbocycles. The number of nitrogens with one attached hydrogen (secondary N) is 1. The molecule has 1 amide bonds. The van der Waals surface area contributed by atoms with E-state index in [0.717, 1.165) is 55.2 Å². The number of rotatable bonds is 17. The van der Waals surface area contributed by atoms with E-state index in [-0.39, 0.29) is 5.97 Å². The zero-order valence-corrected chi connectivity index (χ0v) is 27.8. The summed E-state index contributed by atoms with van der Waals surface area (Å²) in [4.78, 5) is 36.1. The number of amides is 1. The van der Waals surface area contributed by atoms with E-state index in [9.17, 15) is 9.59 Å². The molecule has 0 aliphatic heterocycles. The van der Waals surface area contributed by atoms with E-state index in [1.165, 1.54) is 0 Å². The summed E-state index contributed by atoms with van der Waals surface area (Å²) in [5.41, 5.74) is 7.24. The van der Waals surface area contributed by atoms with Crippen LogP contribution in [0.4, 0.5) is 10.6 Å². The van der Waals surface area contributed by atoms with Crippen molar-refractivity contribution >= 4 is 51.4 Å². The van der Waals surface area contributed by atoms with Crippen LogP contribution in [0.25, 0.3) is 21.9 Å². The van der Waals surface area contributed by atoms with E-state index in [1.54, 1.807) is 0 Å². The molecular weight excluding hydrogens is 584 g/mol. The van der Waals surface area contributed by atoms with Crippen LogP contribution in [0.1, 0.15) is 79.5 Å². The second-order valence-electron chi connectivity index (χ2n) is 12.5. The van der Waals surface area contributed by atoms with Gasteiger partial charge in [0, 0.05) is 31.5 Å². The average Bonchev–Trinajstić information content (AvgIpc) is 3.29. The van der Waals surface area contributed by atoms with Crippen molar-refractivity contribution in [3.8, 4) is 0 Å². The van der Waals surface area contributed by atoms with Crippen LogP contribution in [0, 0.1) is 0 Å². The number of aromatic nitrogens is 3. The number of alkyl carbamates (subject to hydrolysis) is 1. The minimum atomic E-state index is -0.798. The molecule has 0 aliphatic rings. The molecule has 0 spiro atoms. The second kappa shape index (κ2) is 16.2. The van der Waals surface area contributed by atoms with E-state index in [2.05, 4.69) is 15.2 Å². The predicted octanol–water partition coefficient (Wildman–Crippen LogP) is 6.00. The SMILES string of the molecule is CCOCc1nc2c(N)nc3ccccc3c2n1CC(C)(C)OC(=O)CCCCCN(CCl)CCCNC(=O)OC(C)(C)C. The summed E-state index contributed by atoms with van der Waals surface area (Å²) in [6.07, 6.45) is 3.20. The lowest BCUT2D eigenvalue weighted by Crippen LogP contribution is -2.34. The number of fused-ring (bicyclic) bond motifs is 3. The fourth-order valence-corrected chi connectivity index (χ4v) is 5.21. The molecule has 3 rings (SSSR count). The van der Waals surface area contributed by atoms with Crippen molar-refractivity contribution in [3.63, 3.8) is 0 Å². The molecule has 0 atom stereocenters. The van der Waals surface area contributed by atoms with E-state index in [4.69, 9.17) is 36.5 Å². The molecular formula is C32H49ClN6O5. The fourth-order valence-electron chi connectivity index (χ4n) is 4.97. The first-order chi connectivity index (χ1) is 20.8. The largest absolute Gasteiger partial charge is 0.458 e. The number of ether oxygens (including phenoxy) is 3. The molecule has 244 valence electrons. The number of hydrogen-bond donors (Lipinski definition) is 2. The third-order valence-electron chi connectivity index (χ3n) is 6.90. The lowest BCUT2D eigenvalue weighted by molar-refractivity contribution is -0.157. The lowest BCUT2D eigenvalue weighted by atomic mass is 10.1. The molecule has 0 aliphatic carbocycles. The van der Waals surface area contributed by atoms with Crippen LogP contribution < -0.4 is 11.1 Å². The van der Waals surface area contributed by atoms with Crippen LogP contribution in [0.5, 0.6) is 0 Å². The Morgan fingerprint density at radius 2 is 1.75 bits per heavy atom. The van der Waals surface area contributed by atoms with Gasteiger partial charge in [-0.1, -0.05) is 24.6 Å². The highest BCUT2D eigenvalue weighted by atomic mass is 35.5. The zero-order chi connectivity index (χ0) is 32.3. The molecule has 12 heteroatoms. The molecule has 0 unspecified atom stereocenters. The summed E-state index contributed by atoms with van der Waals surface area (Å²) >= 11 is 6.12. The molecule has 0 fully saturated rings. The maximum Gasteiger partial charge on any atom is 0.407 e. The number of carbonyl (C=O) groups is 2. The van der Waals surface area contributed by atoms with Crippen molar-refractivity contribution in [3.05, 3.63) is 30.1 Å². The van der Waals surface area contributed by atoms with Crippen LogP contribution in [0.3, 0.4) is 0 Å². The highest BCUT2D eigenvalue weighted by Crippen LogP contribution is 2.31. The number of halogens is 1. The Morgan fingerprint density at radius 3 is 2.45 bits per heavy atom. The Morgan fingerprint density at radius 1 is 1.02 bits per heavy atom. The Kier molecular flexibility index (Phi) is 13.0. The fraction of sp³-hybridized carbons (Fsp3) is 0.625. The van der Waals surface area contributed by atoms with Gasteiger partial charge in [0.15, 0.2) is 5.82 Å². The van der Waals surface area contributed by atoms with Gasteiger partial charge >= 0.3 is 12.1 Å². The number of nitrogens with two attached hydrogens (primary N) is 1. The Bertz CT molecular complexity index is 1390.